The zero-order chi connectivity index (χ0) is 16.8. The Morgan fingerprint density at radius 3 is 2.88 bits per heavy atom. The Hall–Kier alpha value is -3.24. The highest BCUT2D eigenvalue weighted by Gasteiger charge is 2.11. The molecule has 0 radical (unpaired) electrons. The third kappa shape index (κ3) is 3.56. The molecule has 7 heteroatoms. The van der Waals surface area contributed by atoms with Gasteiger partial charge in [0.2, 0.25) is 0 Å². The van der Waals surface area contributed by atoms with Crippen molar-refractivity contribution in [2.24, 2.45) is 5.10 Å². The Morgan fingerprint density at radius 2 is 2.17 bits per heavy atom. The van der Waals surface area contributed by atoms with Crippen LogP contribution in [0.25, 0.3) is 16.3 Å². The summed E-state index contributed by atoms with van der Waals surface area (Å²) in [6, 6.07) is 15.5. The predicted octanol–water partition coefficient (Wildman–Crippen LogP) is 2.96. The van der Waals surface area contributed by atoms with Gasteiger partial charge in [-0.1, -0.05) is 24.3 Å². The van der Waals surface area contributed by atoms with Gasteiger partial charge in [0, 0.05) is 11.8 Å². The number of rotatable bonds is 5. The van der Waals surface area contributed by atoms with E-state index in [0.717, 1.165) is 21.8 Å². The summed E-state index contributed by atoms with van der Waals surface area (Å²) in [6.07, 6.45) is 3.17. The fourth-order valence-corrected chi connectivity index (χ4v) is 2.82. The summed E-state index contributed by atoms with van der Waals surface area (Å²) >= 11 is 1.58. The Balaban J connectivity index is 1.92. The van der Waals surface area contributed by atoms with Gasteiger partial charge in [0.25, 0.3) is 5.91 Å². The quantitative estimate of drug-likeness (QED) is 0.575. The highest BCUT2D eigenvalue weighted by molar-refractivity contribution is 7.13. The second-order valence-electron chi connectivity index (χ2n) is 4.82. The normalized spacial score (nSPS) is 10.6. The largest absolute Gasteiger partial charge is 0.272 e. The molecule has 0 atom stereocenters. The number of para-hydroxylation sites is 1. The first-order chi connectivity index (χ1) is 11.8. The van der Waals surface area contributed by atoms with Crippen molar-refractivity contribution in [2.45, 2.75) is 6.42 Å². The Bertz CT molecular complexity index is 891. The lowest BCUT2D eigenvalue weighted by Crippen LogP contribution is -2.16. The van der Waals surface area contributed by atoms with Crippen LogP contribution in [-0.4, -0.2) is 21.9 Å². The third-order valence-corrected chi connectivity index (χ3v) is 4.03. The Morgan fingerprint density at radius 1 is 1.33 bits per heavy atom. The maximum Gasteiger partial charge on any atom is 0.254 e. The number of benzene rings is 1. The van der Waals surface area contributed by atoms with Crippen molar-refractivity contribution in [1.82, 2.24) is 15.2 Å². The molecule has 0 aliphatic rings. The molecule has 0 aliphatic carbocycles. The molecular formula is C17H13N5OS. The molecule has 0 spiro atoms. The Kier molecular flexibility index (Phi) is 4.79. The first kappa shape index (κ1) is 15.6. The second-order valence-corrected chi connectivity index (χ2v) is 5.77. The van der Waals surface area contributed by atoms with Crippen molar-refractivity contribution < 1.29 is 4.79 Å². The van der Waals surface area contributed by atoms with Crippen molar-refractivity contribution in [1.29, 1.82) is 5.26 Å². The van der Waals surface area contributed by atoms with Gasteiger partial charge >= 0.3 is 0 Å². The van der Waals surface area contributed by atoms with Gasteiger partial charge in [-0.3, -0.25) is 4.79 Å². The molecule has 2 aromatic heterocycles. The van der Waals surface area contributed by atoms with Crippen LogP contribution in [0.1, 0.15) is 12.0 Å². The van der Waals surface area contributed by atoms with Gasteiger partial charge in [-0.25, -0.2) is 10.1 Å². The van der Waals surface area contributed by atoms with E-state index in [9.17, 15) is 4.79 Å². The van der Waals surface area contributed by atoms with Crippen LogP contribution >= 0.6 is 11.3 Å². The second kappa shape index (κ2) is 7.35. The number of nitrogens with zero attached hydrogens (tertiary/aromatic N) is 4. The summed E-state index contributed by atoms with van der Waals surface area (Å²) in [5.74, 6) is -0.443. The van der Waals surface area contributed by atoms with Gasteiger partial charge in [-0.2, -0.15) is 15.5 Å². The highest BCUT2D eigenvalue weighted by atomic mass is 32.1. The minimum atomic E-state index is -0.443. The molecular weight excluding hydrogens is 322 g/mol. The van der Waals surface area contributed by atoms with Crippen LogP contribution in [0.15, 0.2) is 59.1 Å². The van der Waals surface area contributed by atoms with Gasteiger partial charge in [0.1, 0.15) is 12.1 Å². The maximum absolute atomic E-state index is 11.3. The van der Waals surface area contributed by atoms with Crippen molar-refractivity contribution in [3.63, 3.8) is 0 Å². The first-order valence-electron chi connectivity index (χ1n) is 7.16. The van der Waals surface area contributed by atoms with Crippen molar-refractivity contribution in [3.05, 3.63) is 59.6 Å². The van der Waals surface area contributed by atoms with Crippen LogP contribution in [0, 0.1) is 11.3 Å². The molecule has 3 rings (SSSR count). The standard InChI is InChI=1S/C17H13N5OS/c18-9-8-16(23)20-19-11-13-12-22(14-5-2-1-3-6-14)21-17(13)15-7-4-10-24-15/h1-7,10-12H,8H2,(H,20,23)/b19-11+. The lowest BCUT2D eigenvalue weighted by molar-refractivity contribution is -0.120. The smallest absolute Gasteiger partial charge is 0.254 e. The van der Waals surface area contributed by atoms with E-state index in [0.29, 0.717) is 0 Å². The van der Waals surface area contributed by atoms with E-state index in [-0.39, 0.29) is 6.42 Å². The van der Waals surface area contributed by atoms with Gasteiger partial charge in [-0.15, -0.1) is 11.3 Å². The van der Waals surface area contributed by atoms with Gasteiger partial charge < -0.3 is 0 Å². The van der Waals surface area contributed by atoms with Crippen LogP contribution in [0.3, 0.4) is 0 Å². The number of hydrogen-bond donors (Lipinski definition) is 1. The molecule has 118 valence electrons. The third-order valence-electron chi connectivity index (χ3n) is 3.15. The molecule has 0 aliphatic heterocycles. The number of carbonyl (C=O) groups excluding carboxylic acids is 1. The molecule has 0 unspecified atom stereocenters. The minimum Gasteiger partial charge on any atom is -0.272 e. The fraction of sp³-hybridized carbons (Fsp3) is 0.0588. The number of nitrogens with one attached hydrogen (secondary N) is 1. The maximum atomic E-state index is 11.3. The fourth-order valence-electron chi connectivity index (χ4n) is 2.08. The summed E-state index contributed by atoms with van der Waals surface area (Å²) in [7, 11) is 0. The summed E-state index contributed by atoms with van der Waals surface area (Å²) in [5.41, 5.74) is 4.82. The van der Waals surface area contributed by atoms with Crippen molar-refractivity contribution >= 4 is 23.5 Å². The van der Waals surface area contributed by atoms with Crippen LogP contribution in [-0.2, 0) is 4.79 Å². The monoisotopic (exact) mass is 335 g/mol. The molecule has 3 aromatic rings. The first-order valence-corrected chi connectivity index (χ1v) is 8.03. The molecule has 0 saturated carbocycles. The van der Waals surface area contributed by atoms with E-state index in [2.05, 4.69) is 15.6 Å². The molecule has 1 N–H and O–H groups in total. The lowest BCUT2D eigenvalue weighted by atomic mass is 10.2. The molecule has 1 amide bonds. The SMILES string of the molecule is N#CCC(=O)N/N=C/c1cn(-c2ccccc2)nc1-c1cccs1. The predicted molar refractivity (Wildman–Crippen MR) is 92.8 cm³/mol. The lowest BCUT2D eigenvalue weighted by Gasteiger charge is -1.98. The molecule has 0 saturated heterocycles. The topological polar surface area (TPSA) is 83.1 Å². The average molecular weight is 335 g/mol. The summed E-state index contributed by atoms with van der Waals surface area (Å²) in [5, 5.41) is 19.0. The zero-order valence-electron chi connectivity index (χ0n) is 12.6. The molecule has 24 heavy (non-hydrogen) atoms. The van der Waals surface area contributed by atoms with Crippen LogP contribution in [0.2, 0.25) is 0 Å². The number of carbonyl (C=O) groups is 1. The van der Waals surface area contributed by atoms with E-state index in [1.165, 1.54) is 6.21 Å². The number of hydrogen-bond acceptors (Lipinski definition) is 5. The van der Waals surface area contributed by atoms with E-state index in [4.69, 9.17) is 5.26 Å². The van der Waals surface area contributed by atoms with Gasteiger partial charge in [0.15, 0.2) is 0 Å². The summed E-state index contributed by atoms with van der Waals surface area (Å²) in [6.45, 7) is 0. The van der Waals surface area contributed by atoms with Crippen molar-refractivity contribution in [3.8, 4) is 22.3 Å². The number of thiophene rings is 1. The number of amides is 1. The minimum absolute atomic E-state index is 0.224. The Labute approximate surface area is 142 Å². The van der Waals surface area contributed by atoms with Gasteiger partial charge in [0.05, 0.1) is 22.8 Å². The number of nitriles is 1. The zero-order valence-corrected chi connectivity index (χ0v) is 13.4. The molecule has 1 aromatic carbocycles. The van der Waals surface area contributed by atoms with Crippen LogP contribution < -0.4 is 5.43 Å². The van der Waals surface area contributed by atoms with Gasteiger partial charge in [-0.05, 0) is 23.6 Å². The number of aromatic nitrogens is 2. The van der Waals surface area contributed by atoms with Crippen LogP contribution in [0.5, 0.6) is 0 Å². The van der Waals surface area contributed by atoms with Crippen molar-refractivity contribution in [2.75, 3.05) is 0 Å². The molecule has 0 bridgehead atoms. The summed E-state index contributed by atoms with van der Waals surface area (Å²) < 4.78 is 1.77. The van der Waals surface area contributed by atoms with E-state index >= 15 is 0 Å². The van der Waals surface area contributed by atoms with E-state index in [1.54, 1.807) is 22.1 Å². The average Bonchev–Trinajstić information content (AvgIpc) is 3.25. The molecule has 6 nitrogen and oxygen atoms in total. The highest BCUT2D eigenvalue weighted by Crippen LogP contribution is 2.26. The van der Waals surface area contributed by atoms with E-state index < -0.39 is 5.91 Å². The molecule has 2 heterocycles. The van der Waals surface area contributed by atoms with E-state index in [1.807, 2.05) is 54.0 Å². The van der Waals surface area contributed by atoms with Crippen LogP contribution in [0.4, 0.5) is 0 Å². The summed E-state index contributed by atoms with van der Waals surface area (Å²) in [4.78, 5) is 12.3. The molecule has 0 fully saturated rings. The number of hydrazone groups is 1.